The Morgan fingerprint density at radius 2 is 1.94 bits per heavy atom. The van der Waals surface area contributed by atoms with Crippen molar-refractivity contribution in [2.45, 2.75) is 0 Å². The molecule has 18 heavy (non-hydrogen) atoms. The molecule has 0 aliphatic carbocycles. The minimum absolute atomic E-state index is 0.219. The SMILES string of the molecule is N#CC(NC(=O)COc1ccc(Cl)cc1)=C(Cl)Cl. The average Bonchev–Trinajstić information content (AvgIpc) is 2.35. The first-order chi connectivity index (χ1) is 8.52. The van der Waals surface area contributed by atoms with Gasteiger partial charge in [-0.05, 0) is 24.3 Å². The number of hydrogen-bond acceptors (Lipinski definition) is 3. The molecule has 4 nitrogen and oxygen atoms in total. The van der Waals surface area contributed by atoms with Crippen LogP contribution >= 0.6 is 34.8 Å². The molecule has 1 aromatic carbocycles. The summed E-state index contributed by atoms with van der Waals surface area (Å²) in [6, 6.07) is 8.14. The highest BCUT2D eigenvalue weighted by Crippen LogP contribution is 2.15. The van der Waals surface area contributed by atoms with Crippen molar-refractivity contribution in [1.82, 2.24) is 5.32 Å². The van der Waals surface area contributed by atoms with Crippen LogP contribution in [0.5, 0.6) is 5.75 Å². The Balaban J connectivity index is 2.50. The Morgan fingerprint density at radius 3 is 2.44 bits per heavy atom. The van der Waals surface area contributed by atoms with Crippen molar-refractivity contribution in [2.75, 3.05) is 6.61 Å². The lowest BCUT2D eigenvalue weighted by molar-refractivity contribution is -0.122. The molecular formula is C11H7Cl3N2O2. The highest BCUT2D eigenvalue weighted by Gasteiger charge is 2.08. The molecule has 0 saturated heterocycles. The van der Waals surface area contributed by atoms with Crippen LogP contribution in [-0.4, -0.2) is 12.5 Å². The molecule has 0 spiro atoms. The second kappa shape index (κ2) is 7.12. The first-order valence-electron chi connectivity index (χ1n) is 4.66. The molecule has 0 aliphatic heterocycles. The maximum absolute atomic E-state index is 11.4. The number of benzene rings is 1. The third-order valence-corrected chi connectivity index (χ3v) is 2.38. The van der Waals surface area contributed by atoms with E-state index in [1.165, 1.54) is 0 Å². The van der Waals surface area contributed by atoms with Gasteiger partial charge in [-0.1, -0.05) is 34.8 Å². The Bertz CT molecular complexity index is 502. The molecule has 0 heterocycles. The zero-order valence-corrected chi connectivity index (χ0v) is 11.2. The van der Waals surface area contributed by atoms with Crippen LogP contribution in [0.4, 0.5) is 0 Å². The number of nitrogens with zero attached hydrogens (tertiary/aromatic N) is 1. The first kappa shape index (κ1) is 14.7. The number of carbonyl (C=O) groups is 1. The Kier molecular flexibility index (Phi) is 5.79. The van der Waals surface area contributed by atoms with Gasteiger partial charge in [0.25, 0.3) is 5.91 Å². The zero-order valence-electron chi connectivity index (χ0n) is 8.91. The average molecular weight is 306 g/mol. The van der Waals surface area contributed by atoms with Gasteiger partial charge in [-0.25, -0.2) is 0 Å². The second-order valence-corrected chi connectivity index (χ2v) is 4.42. The standard InChI is InChI=1S/C11H7Cl3N2O2/c12-7-1-3-8(4-2-7)18-6-10(17)16-9(5-15)11(13)14/h1-4H,6H2,(H,16,17). The van der Waals surface area contributed by atoms with Crippen LogP contribution in [0.2, 0.25) is 5.02 Å². The highest BCUT2D eigenvalue weighted by atomic mass is 35.5. The van der Waals surface area contributed by atoms with Gasteiger partial charge >= 0.3 is 0 Å². The van der Waals surface area contributed by atoms with Gasteiger partial charge < -0.3 is 10.1 Å². The maximum Gasteiger partial charge on any atom is 0.262 e. The molecule has 1 rings (SSSR count). The lowest BCUT2D eigenvalue weighted by Crippen LogP contribution is -2.28. The topological polar surface area (TPSA) is 62.1 Å². The van der Waals surface area contributed by atoms with E-state index < -0.39 is 5.91 Å². The predicted molar refractivity (Wildman–Crippen MR) is 69.4 cm³/mol. The van der Waals surface area contributed by atoms with E-state index >= 15 is 0 Å². The van der Waals surface area contributed by atoms with Crippen LogP contribution < -0.4 is 10.1 Å². The largest absolute Gasteiger partial charge is 0.484 e. The van der Waals surface area contributed by atoms with E-state index in [-0.39, 0.29) is 16.8 Å². The number of halogens is 3. The minimum atomic E-state index is -0.541. The van der Waals surface area contributed by atoms with E-state index in [0.717, 1.165) is 0 Å². The van der Waals surface area contributed by atoms with Crippen molar-refractivity contribution in [1.29, 1.82) is 5.26 Å². The number of nitriles is 1. The molecule has 0 bridgehead atoms. The molecule has 1 amide bonds. The number of allylic oxidation sites excluding steroid dienone is 1. The third kappa shape index (κ3) is 4.84. The molecule has 1 aromatic rings. The van der Waals surface area contributed by atoms with E-state index in [1.807, 2.05) is 0 Å². The van der Waals surface area contributed by atoms with E-state index in [4.69, 9.17) is 44.8 Å². The van der Waals surface area contributed by atoms with Crippen LogP contribution in [0.15, 0.2) is 34.5 Å². The summed E-state index contributed by atoms with van der Waals surface area (Å²) in [6.45, 7) is -0.270. The smallest absolute Gasteiger partial charge is 0.262 e. The number of amides is 1. The van der Waals surface area contributed by atoms with Crippen molar-refractivity contribution in [3.63, 3.8) is 0 Å². The fourth-order valence-corrected chi connectivity index (χ4v) is 1.28. The molecule has 0 unspecified atom stereocenters. The van der Waals surface area contributed by atoms with Gasteiger partial charge in [-0.3, -0.25) is 4.79 Å². The van der Waals surface area contributed by atoms with Crippen molar-refractivity contribution < 1.29 is 9.53 Å². The van der Waals surface area contributed by atoms with E-state index in [2.05, 4.69) is 5.32 Å². The fraction of sp³-hybridized carbons (Fsp3) is 0.0909. The van der Waals surface area contributed by atoms with Gasteiger partial charge in [-0.2, -0.15) is 5.26 Å². The highest BCUT2D eigenvalue weighted by molar-refractivity contribution is 6.56. The van der Waals surface area contributed by atoms with Crippen LogP contribution in [0.25, 0.3) is 0 Å². The third-order valence-electron chi connectivity index (χ3n) is 1.75. The number of nitrogens with one attached hydrogen (secondary N) is 1. The van der Waals surface area contributed by atoms with Gasteiger partial charge in [-0.15, -0.1) is 0 Å². The molecule has 0 radical (unpaired) electrons. The van der Waals surface area contributed by atoms with Crippen LogP contribution in [-0.2, 0) is 4.79 Å². The van der Waals surface area contributed by atoms with Crippen molar-refractivity contribution in [2.24, 2.45) is 0 Å². The minimum Gasteiger partial charge on any atom is -0.484 e. The van der Waals surface area contributed by atoms with Crippen LogP contribution in [0, 0.1) is 11.3 Å². The lowest BCUT2D eigenvalue weighted by atomic mass is 10.3. The summed E-state index contributed by atoms with van der Waals surface area (Å²) in [5.74, 6) is -0.0608. The maximum atomic E-state index is 11.4. The Morgan fingerprint density at radius 1 is 1.33 bits per heavy atom. The number of hydrogen-bond donors (Lipinski definition) is 1. The molecule has 94 valence electrons. The number of rotatable bonds is 4. The molecule has 0 saturated carbocycles. The fourth-order valence-electron chi connectivity index (χ4n) is 0.973. The summed E-state index contributed by atoms with van der Waals surface area (Å²) in [6.07, 6.45) is 0. The van der Waals surface area contributed by atoms with E-state index in [0.29, 0.717) is 10.8 Å². The molecule has 1 N–H and O–H groups in total. The van der Waals surface area contributed by atoms with Crippen molar-refractivity contribution in [3.8, 4) is 11.8 Å². The van der Waals surface area contributed by atoms with E-state index in [1.54, 1.807) is 30.3 Å². The van der Waals surface area contributed by atoms with Crippen molar-refractivity contribution in [3.05, 3.63) is 39.5 Å². The van der Waals surface area contributed by atoms with Gasteiger partial charge in [0.1, 0.15) is 16.3 Å². The van der Waals surface area contributed by atoms with Gasteiger partial charge in [0.2, 0.25) is 0 Å². The summed E-state index contributed by atoms with van der Waals surface area (Å²) in [7, 11) is 0. The quantitative estimate of drug-likeness (QED) is 0.870. The number of ether oxygens (including phenoxy) is 1. The van der Waals surface area contributed by atoms with E-state index in [9.17, 15) is 4.79 Å². The molecular weight excluding hydrogens is 298 g/mol. The van der Waals surface area contributed by atoms with Crippen LogP contribution in [0.3, 0.4) is 0 Å². The molecule has 7 heteroatoms. The van der Waals surface area contributed by atoms with Crippen LogP contribution in [0.1, 0.15) is 0 Å². The number of carbonyl (C=O) groups excluding carboxylic acids is 1. The molecule has 0 fully saturated rings. The van der Waals surface area contributed by atoms with Gasteiger partial charge in [0, 0.05) is 5.02 Å². The molecule has 0 aromatic heterocycles. The van der Waals surface area contributed by atoms with Gasteiger partial charge in [0.05, 0.1) is 0 Å². The predicted octanol–water partition coefficient (Wildman–Crippen LogP) is 3.01. The summed E-state index contributed by atoms with van der Waals surface area (Å²) in [4.78, 5) is 11.4. The monoisotopic (exact) mass is 304 g/mol. The zero-order chi connectivity index (χ0) is 13.5. The van der Waals surface area contributed by atoms with Gasteiger partial charge in [0.15, 0.2) is 12.3 Å². The van der Waals surface area contributed by atoms with Crippen molar-refractivity contribution >= 4 is 40.7 Å². The summed E-state index contributed by atoms with van der Waals surface area (Å²) in [5.41, 5.74) is -0.219. The first-order valence-corrected chi connectivity index (χ1v) is 5.80. The normalized spacial score (nSPS) is 9.22. The summed E-state index contributed by atoms with van der Waals surface area (Å²) < 4.78 is 4.85. The summed E-state index contributed by atoms with van der Waals surface area (Å²) in [5, 5.41) is 11.4. The molecule has 0 atom stereocenters. The Hall–Kier alpha value is -1.41. The lowest BCUT2D eigenvalue weighted by Gasteiger charge is -2.06. The Labute approximate surface area is 119 Å². The molecule has 0 aliphatic rings. The second-order valence-electron chi connectivity index (χ2n) is 3.04. The summed E-state index contributed by atoms with van der Waals surface area (Å²) >= 11 is 16.4.